The van der Waals surface area contributed by atoms with Crippen LogP contribution in [0.25, 0.3) is 0 Å². The monoisotopic (exact) mass is 182 g/mol. The van der Waals surface area contributed by atoms with Crippen LogP contribution in [0.5, 0.6) is 0 Å². The second kappa shape index (κ2) is 3.97. The first kappa shape index (κ1) is 9.47. The molecule has 2 unspecified atom stereocenters. The second-order valence-electron chi connectivity index (χ2n) is 4.32. The summed E-state index contributed by atoms with van der Waals surface area (Å²) < 4.78 is 0. The van der Waals surface area contributed by atoms with E-state index in [-0.39, 0.29) is 0 Å². The number of hydrogen-bond acceptors (Lipinski definition) is 2. The minimum atomic E-state index is 0.873. The van der Waals surface area contributed by atoms with Gasteiger partial charge in [0.2, 0.25) is 0 Å². The molecular formula is C11H22N2. The van der Waals surface area contributed by atoms with Crippen molar-refractivity contribution in [1.82, 2.24) is 9.80 Å². The first-order valence-corrected chi connectivity index (χ1v) is 5.85. The first-order chi connectivity index (χ1) is 6.36. The largest absolute Gasteiger partial charge is 0.299 e. The third kappa shape index (κ3) is 1.62. The van der Waals surface area contributed by atoms with Gasteiger partial charge in [0.05, 0.1) is 0 Å². The maximum atomic E-state index is 2.70. The zero-order valence-electron chi connectivity index (χ0n) is 9.00. The zero-order valence-corrected chi connectivity index (χ0v) is 9.00. The van der Waals surface area contributed by atoms with E-state index in [1.807, 2.05) is 0 Å². The van der Waals surface area contributed by atoms with Crippen molar-refractivity contribution >= 4 is 0 Å². The molecule has 0 aromatic heterocycles. The van der Waals surface area contributed by atoms with Gasteiger partial charge in [-0.25, -0.2) is 0 Å². The van der Waals surface area contributed by atoms with E-state index in [0.717, 1.165) is 12.1 Å². The standard InChI is InChI=1S/C11H22N2/c1-3-12(4-2)11-7-9-13-8-5-6-10(11)13/h10-11H,3-9H2,1-2H3. The maximum absolute atomic E-state index is 2.70. The molecule has 0 spiro atoms. The second-order valence-corrected chi connectivity index (χ2v) is 4.32. The minimum Gasteiger partial charge on any atom is -0.299 e. The van der Waals surface area contributed by atoms with Crippen molar-refractivity contribution in [1.29, 1.82) is 0 Å². The third-order valence-electron chi connectivity index (χ3n) is 3.85. The predicted octanol–water partition coefficient (Wildman–Crippen LogP) is 1.56. The molecule has 0 aromatic carbocycles. The summed E-state index contributed by atoms with van der Waals surface area (Å²) in [5.41, 5.74) is 0. The summed E-state index contributed by atoms with van der Waals surface area (Å²) in [5, 5.41) is 0. The van der Waals surface area contributed by atoms with Crippen LogP contribution in [0.15, 0.2) is 0 Å². The summed E-state index contributed by atoms with van der Waals surface area (Å²) in [6, 6.07) is 1.78. The molecular weight excluding hydrogens is 160 g/mol. The van der Waals surface area contributed by atoms with Crippen molar-refractivity contribution in [2.24, 2.45) is 0 Å². The van der Waals surface area contributed by atoms with Crippen molar-refractivity contribution in [3.05, 3.63) is 0 Å². The Morgan fingerprint density at radius 1 is 1.15 bits per heavy atom. The molecule has 2 nitrogen and oxygen atoms in total. The van der Waals surface area contributed by atoms with E-state index in [4.69, 9.17) is 0 Å². The van der Waals surface area contributed by atoms with Gasteiger partial charge in [0.25, 0.3) is 0 Å². The SMILES string of the molecule is CCN(CC)C1CCN2CCCC12. The van der Waals surface area contributed by atoms with Crippen LogP contribution in [0, 0.1) is 0 Å². The third-order valence-corrected chi connectivity index (χ3v) is 3.85. The molecule has 76 valence electrons. The van der Waals surface area contributed by atoms with Crippen LogP contribution in [0.1, 0.15) is 33.1 Å². The lowest BCUT2D eigenvalue weighted by molar-refractivity contribution is 0.174. The Kier molecular flexibility index (Phi) is 2.89. The fourth-order valence-electron chi connectivity index (χ4n) is 3.17. The number of hydrogen-bond donors (Lipinski definition) is 0. The zero-order chi connectivity index (χ0) is 9.26. The van der Waals surface area contributed by atoms with Crippen molar-refractivity contribution in [2.75, 3.05) is 26.2 Å². The Morgan fingerprint density at radius 2 is 1.92 bits per heavy atom. The molecule has 2 rings (SSSR count). The van der Waals surface area contributed by atoms with Gasteiger partial charge >= 0.3 is 0 Å². The summed E-state index contributed by atoms with van der Waals surface area (Å²) >= 11 is 0. The first-order valence-electron chi connectivity index (χ1n) is 5.85. The fraction of sp³-hybridized carbons (Fsp3) is 1.00. The Bertz CT molecular complexity index is 165. The van der Waals surface area contributed by atoms with Gasteiger partial charge in [-0.15, -0.1) is 0 Å². The van der Waals surface area contributed by atoms with Gasteiger partial charge in [-0.2, -0.15) is 0 Å². The molecule has 0 bridgehead atoms. The van der Waals surface area contributed by atoms with Gasteiger partial charge in [-0.1, -0.05) is 13.8 Å². The molecule has 0 aliphatic carbocycles. The average Bonchev–Trinajstić information content (AvgIpc) is 2.70. The molecule has 0 radical (unpaired) electrons. The van der Waals surface area contributed by atoms with E-state index in [1.54, 1.807) is 0 Å². The molecule has 0 N–H and O–H groups in total. The van der Waals surface area contributed by atoms with Crippen LogP contribution < -0.4 is 0 Å². The molecule has 2 atom stereocenters. The van der Waals surface area contributed by atoms with Crippen LogP contribution in [0.2, 0.25) is 0 Å². The van der Waals surface area contributed by atoms with Crippen molar-refractivity contribution in [3.8, 4) is 0 Å². The van der Waals surface area contributed by atoms with E-state index >= 15 is 0 Å². The highest BCUT2D eigenvalue weighted by Gasteiger charge is 2.38. The normalized spacial score (nSPS) is 34.4. The summed E-state index contributed by atoms with van der Waals surface area (Å²) in [6.07, 6.45) is 4.29. The molecule has 2 aliphatic heterocycles. The highest BCUT2D eigenvalue weighted by atomic mass is 15.3. The number of nitrogens with zero attached hydrogens (tertiary/aromatic N) is 2. The molecule has 2 fully saturated rings. The lowest BCUT2D eigenvalue weighted by atomic mass is 10.1. The number of rotatable bonds is 3. The molecule has 2 saturated heterocycles. The Morgan fingerprint density at radius 3 is 2.62 bits per heavy atom. The topological polar surface area (TPSA) is 6.48 Å². The highest BCUT2D eigenvalue weighted by Crippen LogP contribution is 2.30. The van der Waals surface area contributed by atoms with E-state index in [0.29, 0.717) is 0 Å². The lowest BCUT2D eigenvalue weighted by Crippen LogP contribution is -2.42. The Balaban J connectivity index is 1.99. The van der Waals surface area contributed by atoms with Gasteiger partial charge in [-0.3, -0.25) is 9.80 Å². The summed E-state index contributed by atoms with van der Waals surface area (Å²) in [6.45, 7) is 9.76. The van der Waals surface area contributed by atoms with Crippen LogP contribution in [-0.2, 0) is 0 Å². The van der Waals surface area contributed by atoms with Crippen LogP contribution >= 0.6 is 0 Å². The van der Waals surface area contributed by atoms with Crippen molar-refractivity contribution < 1.29 is 0 Å². The molecule has 2 heteroatoms. The quantitative estimate of drug-likeness (QED) is 0.653. The molecule has 0 amide bonds. The molecule has 0 aromatic rings. The Hall–Kier alpha value is -0.0800. The summed E-state index contributed by atoms with van der Waals surface area (Å²) in [7, 11) is 0. The maximum Gasteiger partial charge on any atom is 0.0263 e. The van der Waals surface area contributed by atoms with E-state index in [9.17, 15) is 0 Å². The average molecular weight is 182 g/mol. The summed E-state index contributed by atoms with van der Waals surface area (Å²) in [4.78, 5) is 5.35. The van der Waals surface area contributed by atoms with Gasteiger partial charge in [0.15, 0.2) is 0 Å². The van der Waals surface area contributed by atoms with Crippen molar-refractivity contribution in [2.45, 2.75) is 45.2 Å². The van der Waals surface area contributed by atoms with Crippen molar-refractivity contribution in [3.63, 3.8) is 0 Å². The molecule has 13 heavy (non-hydrogen) atoms. The lowest BCUT2D eigenvalue weighted by Gasteiger charge is -2.30. The summed E-state index contributed by atoms with van der Waals surface area (Å²) in [5.74, 6) is 0. The van der Waals surface area contributed by atoms with Crippen LogP contribution in [0.4, 0.5) is 0 Å². The van der Waals surface area contributed by atoms with Crippen LogP contribution in [-0.4, -0.2) is 48.1 Å². The van der Waals surface area contributed by atoms with E-state index < -0.39 is 0 Å². The minimum absolute atomic E-state index is 0.873. The molecule has 2 heterocycles. The van der Waals surface area contributed by atoms with E-state index in [2.05, 4.69) is 23.6 Å². The van der Waals surface area contributed by atoms with Gasteiger partial charge in [0.1, 0.15) is 0 Å². The van der Waals surface area contributed by atoms with Gasteiger partial charge in [0, 0.05) is 18.6 Å². The van der Waals surface area contributed by atoms with Crippen LogP contribution in [0.3, 0.4) is 0 Å². The number of likely N-dealkylation sites (N-methyl/N-ethyl adjacent to an activating group) is 1. The van der Waals surface area contributed by atoms with Gasteiger partial charge < -0.3 is 0 Å². The highest BCUT2D eigenvalue weighted by molar-refractivity contribution is 4.96. The Labute approximate surface area is 81.9 Å². The van der Waals surface area contributed by atoms with E-state index in [1.165, 1.54) is 45.4 Å². The smallest absolute Gasteiger partial charge is 0.0263 e. The van der Waals surface area contributed by atoms with Gasteiger partial charge in [-0.05, 0) is 38.9 Å². The number of fused-ring (bicyclic) bond motifs is 1. The fourth-order valence-corrected chi connectivity index (χ4v) is 3.17. The molecule has 0 saturated carbocycles. The molecule has 2 aliphatic rings. The predicted molar refractivity (Wildman–Crippen MR) is 55.9 cm³/mol.